The number of aromatic nitrogens is 4. The number of H-pyrrole nitrogens is 1. The summed E-state index contributed by atoms with van der Waals surface area (Å²) in [6.45, 7) is 4.63. The normalized spacial score (nSPS) is 15.0. The molecule has 0 saturated carbocycles. The lowest BCUT2D eigenvalue weighted by molar-refractivity contribution is 0.0360. The molecule has 1 aromatic carbocycles. The van der Waals surface area contributed by atoms with E-state index < -0.39 is 0 Å². The quantitative estimate of drug-likeness (QED) is 0.701. The lowest BCUT2D eigenvalue weighted by atomic mass is 10.1. The number of nitrogens with one attached hydrogen (secondary N) is 1. The summed E-state index contributed by atoms with van der Waals surface area (Å²) in [5.74, 6) is 0.802. The fraction of sp³-hybridized carbons (Fsp3) is 0.350. The Morgan fingerprint density at radius 3 is 2.82 bits per heavy atom. The maximum Gasteiger partial charge on any atom is 0.192 e. The zero-order chi connectivity index (χ0) is 19.3. The second kappa shape index (κ2) is 8.45. The number of pyridine rings is 1. The maximum atomic E-state index is 13.5. The number of morpholine rings is 1. The molecule has 0 atom stereocenters. The van der Waals surface area contributed by atoms with Crippen LogP contribution < -0.4 is 5.43 Å². The predicted molar refractivity (Wildman–Crippen MR) is 103 cm³/mol. The van der Waals surface area contributed by atoms with Crippen molar-refractivity contribution in [2.45, 2.75) is 13.0 Å². The number of rotatable bonds is 6. The molecule has 2 aromatic heterocycles. The standard InChI is InChI=1S/C20H22FN5O2/c21-16-3-1-2-15(12-16)13-19-23-20(17-14-22-5-4-18(17)27)26(24-19)7-6-25-8-10-28-11-9-25/h1-5,12,14H,6-11,13H2,(H,22,27). The van der Waals surface area contributed by atoms with Crippen LogP contribution in [0.5, 0.6) is 0 Å². The maximum absolute atomic E-state index is 13.5. The van der Waals surface area contributed by atoms with E-state index in [0.717, 1.165) is 38.4 Å². The number of halogens is 1. The molecule has 8 heteroatoms. The number of benzene rings is 1. The van der Waals surface area contributed by atoms with Gasteiger partial charge in [0.2, 0.25) is 0 Å². The van der Waals surface area contributed by atoms with Crippen molar-refractivity contribution in [2.75, 3.05) is 32.8 Å². The molecule has 7 nitrogen and oxygen atoms in total. The zero-order valence-electron chi connectivity index (χ0n) is 15.5. The molecule has 4 rings (SSSR count). The van der Waals surface area contributed by atoms with E-state index in [1.807, 2.05) is 6.07 Å². The number of aromatic amines is 1. The minimum absolute atomic E-state index is 0.115. The van der Waals surface area contributed by atoms with Crippen LogP contribution in [0.25, 0.3) is 11.4 Å². The molecule has 1 aliphatic heterocycles. The molecule has 1 saturated heterocycles. The number of hydrogen-bond acceptors (Lipinski definition) is 5. The molecule has 0 radical (unpaired) electrons. The summed E-state index contributed by atoms with van der Waals surface area (Å²) < 4.78 is 20.7. The summed E-state index contributed by atoms with van der Waals surface area (Å²) in [4.78, 5) is 22.2. The molecule has 0 bridgehead atoms. The summed E-state index contributed by atoms with van der Waals surface area (Å²) in [6, 6.07) is 7.87. The van der Waals surface area contributed by atoms with Crippen LogP contribution in [0.15, 0.2) is 47.5 Å². The Balaban J connectivity index is 1.61. The molecule has 0 unspecified atom stereocenters. The van der Waals surface area contributed by atoms with Crippen LogP contribution in [0.1, 0.15) is 11.4 Å². The summed E-state index contributed by atoms with van der Waals surface area (Å²) in [6.07, 6.45) is 3.64. The summed E-state index contributed by atoms with van der Waals surface area (Å²) in [5, 5.41) is 4.61. The van der Waals surface area contributed by atoms with E-state index in [2.05, 4.69) is 20.0 Å². The van der Waals surface area contributed by atoms with Gasteiger partial charge in [-0.2, -0.15) is 5.10 Å². The highest BCUT2D eigenvalue weighted by Crippen LogP contribution is 2.15. The fourth-order valence-corrected chi connectivity index (χ4v) is 3.30. The molecule has 1 N–H and O–H groups in total. The van der Waals surface area contributed by atoms with Gasteiger partial charge in [0.1, 0.15) is 5.82 Å². The van der Waals surface area contributed by atoms with Crippen molar-refractivity contribution in [1.82, 2.24) is 24.6 Å². The first-order chi connectivity index (χ1) is 13.7. The van der Waals surface area contributed by atoms with Crippen LogP contribution in [0, 0.1) is 5.82 Å². The Hall–Kier alpha value is -2.84. The van der Waals surface area contributed by atoms with Gasteiger partial charge in [-0.3, -0.25) is 9.69 Å². The Morgan fingerprint density at radius 2 is 2.04 bits per heavy atom. The lowest BCUT2D eigenvalue weighted by Crippen LogP contribution is -2.38. The van der Waals surface area contributed by atoms with E-state index in [9.17, 15) is 9.18 Å². The minimum atomic E-state index is -0.288. The van der Waals surface area contributed by atoms with E-state index in [1.165, 1.54) is 18.2 Å². The predicted octanol–water partition coefficient (Wildman–Crippen LogP) is 1.70. The van der Waals surface area contributed by atoms with Crippen LogP contribution in [0.4, 0.5) is 4.39 Å². The third kappa shape index (κ3) is 4.35. The number of ether oxygens (including phenoxy) is 1. The Bertz CT molecular complexity index is 994. The molecule has 0 aliphatic carbocycles. The van der Waals surface area contributed by atoms with E-state index in [0.29, 0.717) is 30.2 Å². The molecule has 146 valence electrons. The zero-order valence-corrected chi connectivity index (χ0v) is 15.5. The van der Waals surface area contributed by atoms with Gasteiger partial charge in [0, 0.05) is 44.5 Å². The average molecular weight is 383 g/mol. The van der Waals surface area contributed by atoms with Gasteiger partial charge in [0.15, 0.2) is 17.1 Å². The molecule has 0 spiro atoms. The van der Waals surface area contributed by atoms with Gasteiger partial charge in [0.05, 0.1) is 25.3 Å². The molecular weight excluding hydrogens is 361 g/mol. The van der Waals surface area contributed by atoms with Gasteiger partial charge in [-0.05, 0) is 17.7 Å². The van der Waals surface area contributed by atoms with Gasteiger partial charge >= 0.3 is 0 Å². The highest BCUT2D eigenvalue weighted by Gasteiger charge is 2.17. The van der Waals surface area contributed by atoms with E-state index in [-0.39, 0.29) is 11.2 Å². The van der Waals surface area contributed by atoms with Crippen molar-refractivity contribution in [1.29, 1.82) is 0 Å². The van der Waals surface area contributed by atoms with Crippen LogP contribution in [-0.2, 0) is 17.7 Å². The smallest absolute Gasteiger partial charge is 0.192 e. The van der Waals surface area contributed by atoms with E-state index in [1.54, 1.807) is 23.1 Å². The third-order valence-electron chi connectivity index (χ3n) is 4.76. The Labute approximate surface area is 161 Å². The van der Waals surface area contributed by atoms with Crippen LogP contribution >= 0.6 is 0 Å². The minimum Gasteiger partial charge on any atom is -0.379 e. The van der Waals surface area contributed by atoms with Gasteiger partial charge < -0.3 is 9.72 Å². The summed E-state index contributed by atoms with van der Waals surface area (Å²) in [7, 11) is 0. The van der Waals surface area contributed by atoms with Gasteiger partial charge in [-0.15, -0.1) is 0 Å². The summed E-state index contributed by atoms with van der Waals surface area (Å²) >= 11 is 0. The van der Waals surface area contributed by atoms with Crippen molar-refractivity contribution in [3.05, 3.63) is 70.2 Å². The van der Waals surface area contributed by atoms with Crippen molar-refractivity contribution in [3.63, 3.8) is 0 Å². The first kappa shape index (κ1) is 18.5. The second-order valence-corrected chi connectivity index (χ2v) is 6.76. The van der Waals surface area contributed by atoms with Crippen molar-refractivity contribution in [3.8, 4) is 11.4 Å². The van der Waals surface area contributed by atoms with Crippen LogP contribution in [-0.4, -0.2) is 57.5 Å². The highest BCUT2D eigenvalue weighted by atomic mass is 19.1. The monoisotopic (exact) mass is 383 g/mol. The Morgan fingerprint density at radius 1 is 1.18 bits per heavy atom. The van der Waals surface area contributed by atoms with Crippen LogP contribution in [0.3, 0.4) is 0 Å². The average Bonchev–Trinajstić information content (AvgIpc) is 3.10. The lowest BCUT2D eigenvalue weighted by Gasteiger charge is -2.26. The SMILES string of the molecule is O=c1cc[nH]cc1-c1nc(Cc2cccc(F)c2)nn1CCN1CCOCC1. The fourth-order valence-electron chi connectivity index (χ4n) is 3.30. The van der Waals surface area contributed by atoms with Crippen molar-refractivity contribution < 1.29 is 9.13 Å². The van der Waals surface area contributed by atoms with Gasteiger partial charge in [-0.1, -0.05) is 12.1 Å². The first-order valence-corrected chi connectivity index (χ1v) is 9.35. The summed E-state index contributed by atoms with van der Waals surface area (Å²) in [5.41, 5.74) is 1.15. The second-order valence-electron chi connectivity index (χ2n) is 6.76. The van der Waals surface area contributed by atoms with Gasteiger partial charge in [0.25, 0.3) is 0 Å². The van der Waals surface area contributed by atoms with Crippen LogP contribution in [0.2, 0.25) is 0 Å². The highest BCUT2D eigenvalue weighted by molar-refractivity contribution is 5.53. The molecule has 1 aliphatic rings. The van der Waals surface area contributed by atoms with E-state index in [4.69, 9.17) is 4.74 Å². The molecule has 28 heavy (non-hydrogen) atoms. The molecule has 3 heterocycles. The van der Waals surface area contributed by atoms with Gasteiger partial charge in [-0.25, -0.2) is 14.1 Å². The topological polar surface area (TPSA) is 76.0 Å². The van der Waals surface area contributed by atoms with E-state index >= 15 is 0 Å². The molecule has 1 fully saturated rings. The van der Waals surface area contributed by atoms with Crippen molar-refractivity contribution in [2.24, 2.45) is 0 Å². The number of nitrogens with zero attached hydrogens (tertiary/aromatic N) is 4. The molecule has 0 amide bonds. The largest absolute Gasteiger partial charge is 0.379 e. The molecule has 3 aromatic rings. The van der Waals surface area contributed by atoms with Crippen molar-refractivity contribution >= 4 is 0 Å². The first-order valence-electron chi connectivity index (χ1n) is 9.35. The molecular formula is C20H22FN5O2. The Kier molecular flexibility index (Phi) is 5.59. The third-order valence-corrected chi connectivity index (χ3v) is 4.76. The number of hydrogen-bond donors (Lipinski definition) is 1.